The molecular formula is C15H22N2O4S. The predicted molar refractivity (Wildman–Crippen MR) is 82.2 cm³/mol. The lowest BCUT2D eigenvalue weighted by Gasteiger charge is -2.38. The van der Waals surface area contributed by atoms with Crippen molar-refractivity contribution < 1.29 is 17.9 Å². The molecule has 1 aliphatic carbocycles. The van der Waals surface area contributed by atoms with Crippen LogP contribution in [0.25, 0.3) is 0 Å². The van der Waals surface area contributed by atoms with Crippen molar-refractivity contribution in [3.63, 3.8) is 0 Å². The van der Waals surface area contributed by atoms with Crippen LogP contribution in [0, 0.1) is 0 Å². The average molecular weight is 326 g/mol. The van der Waals surface area contributed by atoms with Gasteiger partial charge in [-0.15, -0.1) is 0 Å². The molecule has 3 rings (SSSR count). The van der Waals surface area contributed by atoms with Gasteiger partial charge < -0.3 is 9.47 Å². The summed E-state index contributed by atoms with van der Waals surface area (Å²) in [5.41, 5.74) is 0. The highest BCUT2D eigenvalue weighted by Gasteiger charge is 2.47. The minimum absolute atomic E-state index is 0.105. The SMILES string of the molecule is CCCS(=O)(=O)N1CCO[C@H]2[C@@H](Oc3cccnc3)CC[C@@H]21. The number of pyridine rings is 1. The lowest BCUT2D eigenvalue weighted by molar-refractivity contribution is -0.0660. The number of sulfonamides is 1. The summed E-state index contributed by atoms with van der Waals surface area (Å²) in [7, 11) is -3.20. The summed E-state index contributed by atoms with van der Waals surface area (Å²) in [4.78, 5) is 4.04. The topological polar surface area (TPSA) is 68.7 Å². The fourth-order valence-electron chi connectivity index (χ4n) is 3.32. The van der Waals surface area contributed by atoms with E-state index in [1.807, 2.05) is 19.1 Å². The first-order chi connectivity index (χ1) is 10.6. The Kier molecular flexibility index (Phi) is 4.65. The number of hydrogen-bond donors (Lipinski definition) is 0. The van der Waals surface area contributed by atoms with E-state index in [1.54, 1.807) is 16.7 Å². The van der Waals surface area contributed by atoms with Gasteiger partial charge in [0, 0.05) is 12.7 Å². The highest BCUT2D eigenvalue weighted by molar-refractivity contribution is 7.89. The average Bonchev–Trinajstić information content (AvgIpc) is 2.91. The van der Waals surface area contributed by atoms with E-state index < -0.39 is 10.0 Å². The van der Waals surface area contributed by atoms with Crippen molar-refractivity contribution in [2.45, 2.75) is 44.4 Å². The third kappa shape index (κ3) is 3.11. The molecule has 1 aromatic heterocycles. The molecule has 0 unspecified atom stereocenters. The number of nitrogens with zero attached hydrogens (tertiary/aromatic N) is 2. The molecule has 0 radical (unpaired) electrons. The summed E-state index contributed by atoms with van der Waals surface area (Å²) in [5.74, 6) is 0.898. The quantitative estimate of drug-likeness (QED) is 0.819. The molecule has 22 heavy (non-hydrogen) atoms. The molecule has 1 saturated heterocycles. The van der Waals surface area contributed by atoms with Crippen LogP contribution in [0.1, 0.15) is 26.2 Å². The minimum Gasteiger partial charge on any atom is -0.486 e. The van der Waals surface area contributed by atoms with E-state index in [4.69, 9.17) is 9.47 Å². The van der Waals surface area contributed by atoms with Crippen LogP contribution < -0.4 is 4.74 Å². The van der Waals surface area contributed by atoms with Crippen LogP contribution in [0.3, 0.4) is 0 Å². The number of morpholine rings is 1. The summed E-state index contributed by atoms with van der Waals surface area (Å²) in [6.45, 7) is 2.76. The van der Waals surface area contributed by atoms with Crippen molar-refractivity contribution in [2.75, 3.05) is 18.9 Å². The Balaban J connectivity index is 1.73. The molecule has 1 aliphatic heterocycles. The molecule has 3 atom stereocenters. The summed E-state index contributed by atoms with van der Waals surface area (Å²) in [6, 6.07) is 3.57. The van der Waals surface area contributed by atoms with Gasteiger partial charge >= 0.3 is 0 Å². The zero-order valence-corrected chi connectivity index (χ0v) is 13.5. The fraction of sp³-hybridized carbons (Fsp3) is 0.667. The van der Waals surface area contributed by atoms with Crippen molar-refractivity contribution in [3.8, 4) is 5.75 Å². The Morgan fingerprint density at radius 2 is 2.32 bits per heavy atom. The van der Waals surface area contributed by atoms with E-state index in [9.17, 15) is 8.42 Å². The summed E-state index contributed by atoms with van der Waals surface area (Å²) in [5, 5.41) is 0. The molecule has 0 spiro atoms. The zero-order valence-electron chi connectivity index (χ0n) is 12.7. The van der Waals surface area contributed by atoms with Crippen LogP contribution in [0.2, 0.25) is 0 Å². The van der Waals surface area contributed by atoms with Gasteiger partial charge in [-0.25, -0.2) is 8.42 Å². The van der Waals surface area contributed by atoms with Crippen LogP contribution in [-0.2, 0) is 14.8 Å². The maximum Gasteiger partial charge on any atom is 0.214 e. The maximum atomic E-state index is 12.4. The lowest BCUT2D eigenvalue weighted by Crippen LogP contribution is -2.54. The van der Waals surface area contributed by atoms with Gasteiger partial charge in [0.1, 0.15) is 18.0 Å². The van der Waals surface area contributed by atoms with Crippen molar-refractivity contribution in [1.29, 1.82) is 0 Å². The van der Waals surface area contributed by atoms with Crippen molar-refractivity contribution in [2.24, 2.45) is 0 Å². The normalized spacial score (nSPS) is 29.2. The molecule has 0 aromatic carbocycles. The van der Waals surface area contributed by atoms with Crippen molar-refractivity contribution >= 4 is 10.0 Å². The molecule has 1 aromatic rings. The van der Waals surface area contributed by atoms with Gasteiger partial charge in [-0.3, -0.25) is 4.98 Å². The monoisotopic (exact) mass is 326 g/mol. The fourth-order valence-corrected chi connectivity index (χ4v) is 5.06. The van der Waals surface area contributed by atoms with Gasteiger partial charge in [0.05, 0.1) is 24.6 Å². The molecular weight excluding hydrogens is 304 g/mol. The standard InChI is InChI=1S/C15H22N2O4S/c1-2-10-22(18,19)17-8-9-20-15-13(17)5-6-14(15)21-12-4-3-7-16-11-12/h3-4,7,11,13-15H,2,5-6,8-10H2,1H3/t13-,14-,15+/m0/s1. The van der Waals surface area contributed by atoms with E-state index in [-0.39, 0.29) is 24.0 Å². The van der Waals surface area contributed by atoms with Crippen LogP contribution in [0.5, 0.6) is 5.75 Å². The molecule has 2 fully saturated rings. The van der Waals surface area contributed by atoms with E-state index in [2.05, 4.69) is 4.98 Å². The largest absolute Gasteiger partial charge is 0.486 e. The van der Waals surface area contributed by atoms with Gasteiger partial charge in [-0.05, 0) is 31.4 Å². The Labute approximate surface area is 131 Å². The van der Waals surface area contributed by atoms with E-state index in [0.717, 1.165) is 12.8 Å². The molecule has 1 saturated carbocycles. The zero-order chi connectivity index (χ0) is 15.6. The van der Waals surface area contributed by atoms with Gasteiger partial charge in [-0.2, -0.15) is 4.31 Å². The first-order valence-electron chi connectivity index (χ1n) is 7.79. The van der Waals surface area contributed by atoms with Gasteiger partial charge in [0.15, 0.2) is 0 Å². The van der Waals surface area contributed by atoms with Crippen LogP contribution in [0.4, 0.5) is 0 Å². The Morgan fingerprint density at radius 3 is 3.05 bits per heavy atom. The van der Waals surface area contributed by atoms with Crippen molar-refractivity contribution in [3.05, 3.63) is 24.5 Å². The summed E-state index contributed by atoms with van der Waals surface area (Å²) < 4.78 is 38.3. The maximum absolute atomic E-state index is 12.4. The molecule has 2 aliphatic rings. The highest BCUT2D eigenvalue weighted by Crippen LogP contribution is 2.34. The third-order valence-electron chi connectivity index (χ3n) is 4.23. The van der Waals surface area contributed by atoms with Gasteiger partial charge in [0.2, 0.25) is 10.0 Å². The van der Waals surface area contributed by atoms with E-state index in [0.29, 0.717) is 25.3 Å². The van der Waals surface area contributed by atoms with E-state index in [1.165, 1.54) is 0 Å². The smallest absolute Gasteiger partial charge is 0.214 e. The second-order valence-electron chi connectivity index (χ2n) is 5.75. The van der Waals surface area contributed by atoms with E-state index >= 15 is 0 Å². The molecule has 6 nitrogen and oxygen atoms in total. The molecule has 0 amide bonds. The molecule has 0 N–H and O–H groups in total. The second-order valence-corrected chi connectivity index (χ2v) is 7.79. The predicted octanol–water partition coefficient (Wildman–Crippen LogP) is 1.43. The Hall–Kier alpha value is -1.18. The van der Waals surface area contributed by atoms with Crippen LogP contribution in [-0.4, -0.2) is 54.9 Å². The van der Waals surface area contributed by atoms with Crippen LogP contribution >= 0.6 is 0 Å². The highest BCUT2D eigenvalue weighted by atomic mass is 32.2. The first-order valence-corrected chi connectivity index (χ1v) is 9.40. The minimum atomic E-state index is -3.20. The Morgan fingerprint density at radius 1 is 1.45 bits per heavy atom. The number of hydrogen-bond acceptors (Lipinski definition) is 5. The number of rotatable bonds is 5. The van der Waals surface area contributed by atoms with Gasteiger partial charge in [-0.1, -0.05) is 6.92 Å². The summed E-state index contributed by atoms with van der Waals surface area (Å²) >= 11 is 0. The third-order valence-corrected chi connectivity index (χ3v) is 6.32. The van der Waals surface area contributed by atoms with Crippen LogP contribution in [0.15, 0.2) is 24.5 Å². The second kappa shape index (κ2) is 6.52. The van der Waals surface area contributed by atoms with Gasteiger partial charge in [0.25, 0.3) is 0 Å². The number of fused-ring (bicyclic) bond motifs is 1. The number of ether oxygens (including phenoxy) is 2. The lowest BCUT2D eigenvalue weighted by atomic mass is 10.1. The molecule has 122 valence electrons. The Bertz CT molecular complexity index is 593. The summed E-state index contributed by atoms with van der Waals surface area (Å²) in [6.07, 6.45) is 5.25. The number of aromatic nitrogens is 1. The first kappa shape index (κ1) is 15.7. The molecule has 7 heteroatoms. The van der Waals surface area contributed by atoms with Crippen molar-refractivity contribution in [1.82, 2.24) is 9.29 Å². The molecule has 2 heterocycles. The molecule has 0 bridgehead atoms.